The zero-order chi connectivity index (χ0) is 19.5. The summed E-state index contributed by atoms with van der Waals surface area (Å²) in [5.41, 5.74) is 2.21. The molecular weight excluding hydrogens is 370 g/mol. The second kappa shape index (κ2) is 8.29. The summed E-state index contributed by atoms with van der Waals surface area (Å²) < 4.78 is 7.10. The molecule has 1 fully saturated rings. The van der Waals surface area contributed by atoms with Crippen molar-refractivity contribution in [2.75, 3.05) is 26.2 Å². The Kier molecular flexibility index (Phi) is 5.59. The number of amides is 1. The molecule has 1 N–H and O–H groups in total. The fraction of sp³-hybridized carbons (Fsp3) is 0.364. The zero-order valence-electron chi connectivity index (χ0n) is 16.4. The molecule has 1 aliphatic rings. The molecule has 2 aromatic carbocycles. The Bertz CT molecular complexity index is 930. The van der Waals surface area contributed by atoms with Gasteiger partial charge in [0.15, 0.2) is 6.10 Å². The van der Waals surface area contributed by atoms with Gasteiger partial charge < -0.3 is 14.5 Å². The van der Waals surface area contributed by atoms with E-state index in [-0.39, 0.29) is 5.91 Å². The lowest BCUT2D eigenvalue weighted by atomic mass is 10.2. The summed E-state index contributed by atoms with van der Waals surface area (Å²) in [5, 5.41) is 1.17. The third-order valence-electron chi connectivity index (χ3n) is 5.17. The van der Waals surface area contributed by atoms with Gasteiger partial charge in [-0.05, 0) is 43.7 Å². The normalized spacial score (nSPS) is 16.3. The van der Waals surface area contributed by atoms with Gasteiger partial charge in [-0.3, -0.25) is 4.79 Å². The summed E-state index contributed by atoms with van der Waals surface area (Å²) in [7, 11) is 0. The Morgan fingerprint density at radius 2 is 2.00 bits per heavy atom. The van der Waals surface area contributed by atoms with Crippen molar-refractivity contribution in [3.63, 3.8) is 0 Å². The molecule has 1 amide bonds. The van der Waals surface area contributed by atoms with E-state index in [9.17, 15) is 4.79 Å². The van der Waals surface area contributed by atoms with Crippen molar-refractivity contribution in [1.82, 2.24) is 9.88 Å². The van der Waals surface area contributed by atoms with Crippen LogP contribution < -0.4 is 9.64 Å². The maximum Gasteiger partial charge on any atom is 0.263 e. The predicted molar refractivity (Wildman–Crippen MR) is 112 cm³/mol. The SMILES string of the molecule is Cc1cccc(O[C@@H](C)C(=O)N2CC[NH+](Cc3nc4ccccc4s3)CC2)c1. The average Bonchev–Trinajstić information content (AvgIpc) is 3.10. The number of ether oxygens (including phenoxy) is 1. The summed E-state index contributed by atoms with van der Waals surface area (Å²) in [4.78, 5) is 20.9. The molecule has 1 aromatic heterocycles. The van der Waals surface area contributed by atoms with Crippen LogP contribution in [0.25, 0.3) is 10.2 Å². The first-order chi connectivity index (χ1) is 13.6. The first kappa shape index (κ1) is 18.9. The van der Waals surface area contributed by atoms with Crippen molar-refractivity contribution in [3.8, 4) is 5.75 Å². The van der Waals surface area contributed by atoms with E-state index in [1.54, 1.807) is 11.3 Å². The molecule has 6 heteroatoms. The molecule has 2 heterocycles. The van der Waals surface area contributed by atoms with Gasteiger partial charge in [0, 0.05) is 0 Å². The van der Waals surface area contributed by atoms with Crippen LogP contribution in [0.2, 0.25) is 0 Å². The summed E-state index contributed by atoms with van der Waals surface area (Å²) in [5.74, 6) is 0.821. The van der Waals surface area contributed by atoms with Crippen molar-refractivity contribution < 1.29 is 14.4 Å². The van der Waals surface area contributed by atoms with Gasteiger partial charge in [-0.1, -0.05) is 24.3 Å². The second-order valence-corrected chi connectivity index (χ2v) is 8.52. The van der Waals surface area contributed by atoms with Gasteiger partial charge in [0.05, 0.1) is 36.4 Å². The summed E-state index contributed by atoms with van der Waals surface area (Å²) in [6.45, 7) is 8.20. The van der Waals surface area contributed by atoms with Crippen LogP contribution in [0.4, 0.5) is 0 Å². The minimum Gasteiger partial charge on any atom is -0.481 e. The zero-order valence-corrected chi connectivity index (χ0v) is 17.2. The Morgan fingerprint density at radius 1 is 1.21 bits per heavy atom. The topological polar surface area (TPSA) is 46.9 Å². The van der Waals surface area contributed by atoms with Crippen molar-refractivity contribution in [1.29, 1.82) is 0 Å². The Balaban J connectivity index is 1.30. The number of aryl methyl sites for hydroxylation is 1. The largest absolute Gasteiger partial charge is 0.481 e. The molecule has 3 aromatic rings. The van der Waals surface area contributed by atoms with Crippen LogP contribution in [0, 0.1) is 6.92 Å². The van der Waals surface area contributed by atoms with E-state index >= 15 is 0 Å². The molecule has 5 nitrogen and oxygen atoms in total. The number of para-hydroxylation sites is 1. The Morgan fingerprint density at radius 3 is 2.75 bits per heavy atom. The van der Waals surface area contributed by atoms with Crippen LogP contribution in [-0.2, 0) is 11.3 Å². The van der Waals surface area contributed by atoms with E-state index in [4.69, 9.17) is 9.72 Å². The summed E-state index contributed by atoms with van der Waals surface area (Å²) >= 11 is 1.77. The van der Waals surface area contributed by atoms with Gasteiger partial charge in [0.2, 0.25) is 0 Å². The van der Waals surface area contributed by atoms with Crippen LogP contribution in [0.15, 0.2) is 48.5 Å². The molecule has 1 saturated heterocycles. The number of aromatic nitrogens is 1. The van der Waals surface area contributed by atoms with Gasteiger partial charge in [-0.2, -0.15) is 0 Å². The van der Waals surface area contributed by atoms with Crippen molar-refractivity contribution in [2.45, 2.75) is 26.5 Å². The monoisotopic (exact) mass is 396 g/mol. The number of benzene rings is 2. The molecule has 28 heavy (non-hydrogen) atoms. The maximum atomic E-state index is 12.8. The third-order valence-corrected chi connectivity index (χ3v) is 6.21. The van der Waals surface area contributed by atoms with Crippen molar-refractivity contribution in [3.05, 3.63) is 59.1 Å². The van der Waals surface area contributed by atoms with Gasteiger partial charge in [0.25, 0.3) is 5.91 Å². The van der Waals surface area contributed by atoms with Gasteiger partial charge in [0.1, 0.15) is 17.3 Å². The first-order valence-electron chi connectivity index (χ1n) is 9.78. The number of nitrogens with zero attached hydrogens (tertiary/aromatic N) is 2. The van der Waals surface area contributed by atoms with E-state index in [1.807, 2.05) is 49.1 Å². The van der Waals surface area contributed by atoms with E-state index < -0.39 is 6.10 Å². The number of quaternary nitrogens is 1. The van der Waals surface area contributed by atoms with Crippen LogP contribution in [0.3, 0.4) is 0 Å². The van der Waals surface area contributed by atoms with Gasteiger partial charge >= 0.3 is 0 Å². The molecule has 0 saturated carbocycles. The number of carbonyl (C=O) groups is 1. The van der Waals surface area contributed by atoms with Crippen LogP contribution in [-0.4, -0.2) is 48.1 Å². The lowest BCUT2D eigenvalue weighted by molar-refractivity contribution is -0.917. The smallest absolute Gasteiger partial charge is 0.263 e. The lowest BCUT2D eigenvalue weighted by Gasteiger charge is -2.33. The highest BCUT2D eigenvalue weighted by molar-refractivity contribution is 7.18. The molecular formula is C22H26N3O2S+. The van der Waals surface area contributed by atoms with Crippen molar-refractivity contribution in [2.24, 2.45) is 0 Å². The highest BCUT2D eigenvalue weighted by Crippen LogP contribution is 2.21. The van der Waals surface area contributed by atoms with Crippen LogP contribution >= 0.6 is 11.3 Å². The molecule has 0 radical (unpaired) electrons. The molecule has 146 valence electrons. The lowest BCUT2D eigenvalue weighted by Crippen LogP contribution is -3.13. The molecule has 0 unspecified atom stereocenters. The molecule has 4 rings (SSSR count). The number of rotatable bonds is 5. The number of hydrogen-bond donors (Lipinski definition) is 1. The fourth-order valence-electron chi connectivity index (χ4n) is 3.63. The average molecular weight is 397 g/mol. The maximum absolute atomic E-state index is 12.8. The van der Waals surface area contributed by atoms with Crippen molar-refractivity contribution >= 4 is 27.5 Å². The number of thiazole rings is 1. The molecule has 0 spiro atoms. The number of carbonyl (C=O) groups excluding carboxylic acids is 1. The quantitative estimate of drug-likeness (QED) is 0.720. The third kappa shape index (κ3) is 4.34. The van der Waals surface area contributed by atoms with Crippen LogP contribution in [0.5, 0.6) is 5.75 Å². The summed E-state index contributed by atoms with van der Waals surface area (Å²) in [6.07, 6.45) is -0.465. The Labute approximate surface area is 169 Å². The highest BCUT2D eigenvalue weighted by atomic mass is 32.1. The van der Waals surface area contributed by atoms with E-state index in [0.29, 0.717) is 0 Å². The van der Waals surface area contributed by atoms with E-state index in [0.717, 1.165) is 49.6 Å². The molecule has 0 aliphatic carbocycles. The minimum atomic E-state index is -0.465. The van der Waals surface area contributed by atoms with Crippen LogP contribution in [0.1, 0.15) is 17.5 Å². The number of fused-ring (bicyclic) bond motifs is 1. The molecule has 1 atom stereocenters. The minimum absolute atomic E-state index is 0.0699. The predicted octanol–water partition coefficient (Wildman–Crippen LogP) is 2.30. The number of hydrogen-bond acceptors (Lipinski definition) is 4. The molecule has 0 bridgehead atoms. The van der Waals surface area contributed by atoms with Gasteiger partial charge in [-0.15, -0.1) is 11.3 Å². The standard InChI is InChI=1S/C22H25N3O2S/c1-16-6-5-7-18(14-16)27-17(2)22(26)25-12-10-24(11-13-25)15-21-23-19-8-3-4-9-20(19)28-21/h3-9,14,17H,10-13,15H2,1-2H3/p+1/t17-/m0/s1. The number of piperazine rings is 1. The summed E-state index contributed by atoms with van der Waals surface area (Å²) in [6, 6.07) is 16.1. The highest BCUT2D eigenvalue weighted by Gasteiger charge is 2.28. The second-order valence-electron chi connectivity index (χ2n) is 7.40. The Hall–Kier alpha value is -2.44. The van der Waals surface area contributed by atoms with E-state index in [2.05, 4.69) is 18.2 Å². The number of nitrogens with one attached hydrogen (secondary N) is 1. The fourth-order valence-corrected chi connectivity index (χ4v) is 4.67. The molecule has 1 aliphatic heterocycles. The van der Waals surface area contributed by atoms with E-state index in [1.165, 1.54) is 14.6 Å². The first-order valence-corrected chi connectivity index (χ1v) is 10.6. The van der Waals surface area contributed by atoms with Gasteiger partial charge in [-0.25, -0.2) is 4.98 Å².